The zero-order valence-electron chi connectivity index (χ0n) is 11.9. The first-order valence-electron chi connectivity index (χ1n) is 6.74. The number of nitrogens with zero attached hydrogens (tertiary/aromatic N) is 1. The zero-order valence-corrected chi connectivity index (χ0v) is 11.9. The molecule has 1 saturated heterocycles. The van der Waals surface area contributed by atoms with Crippen molar-refractivity contribution in [1.82, 2.24) is 0 Å². The number of hydrogen-bond donors (Lipinski definition) is 1. The molecular weight excluding hydrogens is 240 g/mol. The minimum Gasteiger partial charge on any atom is -0.447 e. The highest BCUT2D eigenvalue weighted by Gasteiger charge is 2.23. The van der Waals surface area contributed by atoms with Crippen LogP contribution in [0.3, 0.4) is 0 Å². The van der Waals surface area contributed by atoms with E-state index in [2.05, 4.69) is 26.1 Å². The van der Waals surface area contributed by atoms with Crippen molar-refractivity contribution >= 4 is 17.5 Å². The standard InChI is InChI=1S/C15H22N2O2/c1-15(2,3)7-8-16-12-5-4-6-13(11-12)17-9-10-19-14(17)18/h4-6,11,16H,7-10H2,1-3H3. The minimum atomic E-state index is -0.258. The molecule has 0 bridgehead atoms. The predicted molar refractivity (Wildman–Crippen MR) is 77.7 cm³/mol. The van der Waals surface area contributed by atoms with E-state index in [-0.39, 0.29) is 6.09 Å². The lowest BCUT2D eigenvalue weighted by molar-refractivity contribution is 0.181. The van der Waals surface area contributed by atoms with Crippen LogP contribution in [-0.4, -0.2) is 25.8 Å². The van der Waals surface area contributed by atoms with E-state index >= 15 is 0 Å². The molecule has 0 aliphatic carbocycles. The quantitative estimate of drug-likeness (QED) is 0.903. The fraction of sp³-hybridized carbons (Fsp3) is 0.533. The maximum atomic E-state index is 11.5. The average molecular weight is 262 g/mol. The molecule has 104 valence electrons. The molecule has 0 spiro atoms. The number of anilines is 2. The van der Waals surface area contributed by atoms with E-state index in [1.54, 1.807) is 4.90 Å². The Kier molecular flexibility index (Phi) is 3.98. The topological polar surface area (TPSA) is 41.6 Å². The highest BCUT2D eigenvalue weighted by molar-refractivity contribution is 5.89. The Labute approximate surface area is 114 Å². The summed E-state index contributed by atoms with van der Waals surface area (Å²) in [6.45, 7) is 8.71. The summed E-state index contributed by atoms with van der Waals surface area (Å²) >= 11 is 0. The number of hydrogen-bond acceptors (Lipinski definition) is 3. The lowest BCUT2D eigenvalue weighted by Crippen LogP contribution is -2.23. The first-order valence-corrected chi connectivity index (χ1v) is 6.74. The summed E-state index contributed by atoms with van der Waals surface area (Å²) in [6.07, 6.45) is 0.843. The van der Waals surface area contributed by atoms with Crippen LogP contribution in [0.1, 0.15) is 27.2 Å². The highest BCUT2D eigenvalue weighted by Crippen LogP contribution is 2.23. The lowest BCUT2D eigenvalue weighted by Gasteiger charge is -2.19. The second kappa shape index (κ2) is 5.51. The van der Waals surface area contributed by atoms with Gasteiger partial charge in [-0.1, -0.05) is 26.8 Å². The molecule has 4 heteroatoms. The summed E-state index contributed by atoms with van der Waals surface area (Å²) in [5.74, 6) is 0. The molecule has 19 heavy (non-hydrogen) atoms. The van der Waals surface area contributed by atoms with Crippen LogP contribution < -0.4 is 10.2 Å². The summed E-state index contributed by atoms with van der Waals surface area (Å²) in [5, 5.41) is 3.40. The van der Waals surface area contributed by atoms with Gasteiger partial charge in [-0.15, -0.1) is 0 Å². The molecule has 1 fully saturated rings. The monoisotopic (exact) mass is 262 g/mol. The molecule has 0 radical (unpaired) electrons. The van der Waals surface area contributed by atoms with Crippen molar-refractivity contribution in [2.75, 3.05) is 29.9 Å². The number of amides is 1. The number of carbonyl (C=O) groups excluding carboxylic acids is 1. The Morgan fingerprint density at radius 1 is 1.37 bits per heavy atom. The third-order valence-electron chi connectivity index (χ3n) is 3.12. The highest BCUT2D eigenvalue weighted by atomic mass is 16.6. The van der Waals surface area contributed by atoms with Gasteiger partial charge in [0.25, 0.3) is 0 Å². The fourth-order valence-corrected chi connectivity index (χ4v) is 1.99. The number of benzene rings is 1. The number of ether oxygens (including phenoxy) is 1. The van der Waals surface area contributed by atoms with Crippen LogP contribution in [0, 0.1) is 5.41 Å². The van der Waals surface area contributed by atoms with Crippen molar-refractivity contribution in [2.45, 2.75) is 27.2 Å². The normalized spacial score (nSPS) is 15.5. The minimum absolute atomic E-state index is 0.258. The summed E-state index contributed by atoms with van der Waals surface area (Å²) in [4.78, 5) is 13.2. The molecule has 0 unspecified atom stereocenters. The van der Waals surface area contributed by atoms with Crippen LogP contribution in [0.5, 0.6) is 0 Å². The Bertz CT molecular complexity index is 452. The van der Waals surface area contributed by atoms with Gasteiger partial charge in [0.05, 0.1) is 6.54 Å². The molecule has 1 aromatic rings. The van der Waals surface area contributed by atoms with E-state index in [9.17, 15) is 4.79 Å². The number of rotatable bonds is 4. The molecule has 0 atom stereocenters. The van der Waals surface area contributed by atoms with Crippen LogP contribution in [0.15, 0.2) is 24.3 Å². The number of nitrogens with one attached hydrogen (secondary N) is 1. The largest absolute Gasteiger partial charge is 0.447 e. The van der Waals surface area contributed by atoms with Crippen LogP contribution >= 0.6 is 0 Å². The molecule has 1 aromatic carbocycles. The molecule has 4 nitrogen and oxygen atoms in total. The molecule has 1 N–H and O–H groups in total. The third kappa shape index (κ3) is 3.88. The van der Waals surface area contributed by atoms with Crippen molar-refractivity contribution in [3.05, 3.63) is 24.3 Å². The average Bonchev–Trinajstić information content (AvgIpc) is 2.74. The smallest absolute Gasteiger partial charge is 0.414 e. The summed E-state index contributed by atoms with van der Waals surface area (Å²) < 4.78 is 4.95. The molecule has 1 aliphatic heterocycles. The van der Waals surface area contributed by atoms with Crippen molar-refractivity contribution in [2.24, 2.45) is 5.41 Å². The van der Waals surface area contributed by atoms with Gasteiger partial charge in [0.15, 0.2) is 0 Å². The fourth-order valence-electron chi connectivity index (χ4n) is 1.99. The molecule has 0 saturated carbocycles. The van der Waals surface area contributed by atoms with Gasteiger partial charge in [-0.05, 0) is 30.0 Å². The Morgan fingerprint density at radius 3 is 2.79 bits per heavy atom. The maximum absolute atomic E-state index is 11.5. The SMILES string of the molecule is CC(C)(C)CCNc1cccc(N2CCOC2=O)c1. The number of carbonyl (C=O) groups is 1. The van der Waals surface area contributed by atoms with Crippen LogP contribution in [0.2, 0.25) is 0 Å². The van der Waals surface area contributed by atoms with E-state index in [0.717, 1.165) is 24.3 Å². The van der Waals surface area contributed by atoms with Gasteiger partial charge in [0, 0.05) is 17.9 Å². The van der Waals surface area contributed by atoms with Crippen LogP contribution in [0.4, 0.5) is 16.2 Å². The number of cyclic esters (lactones) is 1. The Hall–Kier alpha value is -1.71. The lowest BCUT2D eigenvalue weighted by atomic mass is 9.92. The second-order valence-electron chi connectivity index (χ2n) is 6.05. The molecule has 2 rings (SSSR count). The van der Waals surface area contributed by atoms with Crippen molar-refractivity contribution < 1.29 is 9.53 Å². The van der Waals surface area contributed by atoms with Crippen molar-refractivity contribution in [3.63, 3.8) is 0 Å². The van der Waals surface area contributed by atoms with Gasteiger partial charge in [0.2, 0.25) is 0 Å². The van der Waals surface area contributed by atoms with Gasteiger partial charge >= 0.3 is 6.09 Å². The van der Waals surface area contributed by atoms with Crippen molar-refractivity contribution in [3.8, 4) is 0 Å². The van der Waals surface area contributed by atoms with Gasteiger partial charge in [0.1, 0.15) is 6.61 Å². The summed E-state index contributed by atoms with van der Waals surface area (Å²) in [7, 11) is 0. The van der Waals surface area contributed by atoms with Gasteiger partial charge in [-0.25, -0.2) is 4.79 Å². The molecule has 1 aliphatic rings. The Morgan fingerprint density at radius 2 is 2.16 bits per heavy atom. The van der Waals surface area contributed by atoms with Gasteiger partial charge in [-0.3, -0.25) is 4.90 Å². The van der Waals surface area contributed by atoms with E-state index in [0.29, 0.717) is 18.6 Å². The third-order valence-corrected chi connectivity index (χ3v) is 3.12. The summed E-state index contributed by atoms with van der Waals surface area (Å²) in [5.41, 5.74) is 2.26. The summed E-state index contributed by atoms with van der Waals surface area (Å²) in [6, 6.07) is 7.91. The first kappa shape index (κ1) is 13.7. The molecule has 0 aromatic heterocycles. The molecular formula is C15H22N2O2. The van der Waals surface area contributed by atoms with Crippen LogP contribution in [0.25, 0.3) is 0 Å². The van der Waals surface area contributed by atoms with Crippen LogP contribution in [-0.2, 0) is 4.74 Å². The van der Waals surface area contributed by atoms with E-state index in [1.807, 2.05) is 24.3 Å². The van der Waals surface area contributed by atoms with Gasteiger partial charge in [-0.2, -0.15) is 0 Å². The van der Waals surface area contributed by atoms with E-state index in [4.69, 9.17) is 4.74 Å². The first-order chi connectivity index (χ1) is 8.96. The predicted octanol–water partition coefficient (Wildman–Crippen LogP) is 3.49. The molecule has 1 heterocycles. The van der Waals surface area contributed by atoms with E-state index in [1.165, 1.54) is 0 Å². The van der Waals surface area contributed by atoms with E-state index < -0.39 is 0 Å². The molecule has 1 amide bonds. The van der Waals surface area contributed by atoms with Gasteiger partial charge < -0.3 is 10.1 Å². The second-order valence-corrected chi connectivity index (χ2v) is 6.05. The van der Waals surface area contributed by atoms with Crippen molar-refractivity contribution in [1.29, 1.82) is 0 Å². The zero-order chi connectivity index (χ0) is 13.9. The Balaban J connectivity index is 1.97. The maximum Gasteiger partial charge on any atom is 0.414 e.